The first-order chi connectivity index (χ1) is 12.1. The van der Waals surface area contributed by atoms with E-state index in [1.165, 1.54) is 36.6 Å². The molecule has 0 spiro atoms. The average Bonchev–Trinajstić information content (AvgIpc) is 3.27. The number of carbonyl (C=O) groups excluding carboxylic acids is 2. The zero-order valence-corrected chi connectivity index (χ0v) is 14.6. The van der Waals surface area contributed by atoms with Gasteiger partial charge in [0.25, 0.3) is 0 Å². The number of ether oxygens (including phenoxy) is 1. The Kier molecular flexibility index (Phi) is 5.33. The second-order valence-corrected chi connectivity index (χ2v) is 6.87. The zero-order valence-electron chi connectivity index (χ0n) is 13.8. The molecule has 3 rings (SSSR count). The Morgan fingerprint density at radius 3 is 2.96 bits per heavy atom. The second-order valence-electron chi connectivity index (χ2n) is 5.84. The molecular formula is C18H19FN2O3S. The molecule has 1 fully saturated rings. The standard InChI is InChI=1S/C18H19FN2O3S/c1-24-16-10-12(19)6-7-14(16)20-18(23)15-5-2-8-21(15)17(22)11-13-4-3-9-25-13/h3-4,6-7,9-10,15H,2,5,8,11H2,1H3,(H,20,23). The maximum atomic E-state index is 13.3. The van der Waals surface area contributed by atoms with Gasteiger partial charge < -0.3 is 15.0 Å². The summed E-state index contributed by atoms with van der Waals surface area (Å²) in [6.07, 6.45) is 1.71. The van der Waals surface area contributed by atoms with Gasteiger partial charge in [0.05, 0.1) is 19.2 Å². The van der Waals surface area contributed by atoms with Gasteiger partial charge in [0.2, 0.25) is 11.8 Å². The molecule has 1 saturated heterocycles. The van der Waals surface area contributed by atoms with E-state index in [2.05, 4.69) is 5.32 Å². The molecule has 132 valence electrons. The molecule has 1 aliphatic rings. The Bertz CT molecular complexity index is 764. The van der Waals surface area contributed by atoms with Gasteiger partial charge in [0.1, 0.15) is 17.6 Å². The van der Waals surface area contributed by atoms with Crippen molar-refractivity contribution in [1.29, 1.82) is 0 Å². The highest BCUT2D eigenvalue weighted by Gasteiger charge is 2.34. The third-order valence-electron chi connectivity index (χ3n) is 4.20. The minimum absolute atomic E-state index is 0.0498. The van der Waals surface area contributed by atoms with Crippen LogP contribution in [0.15, 0.2) is 35.7 Å². The summed E-state index contributed by atoms with van der Waals surface area (Å²) in [4.78, 5) is 27.8. The average molecular weight is 362 g/mol. The summed E-state index contributed by atoms with van der Waals surface area (Å²) in [5.74, 6) is -0.514. The van der Waals surface area contributed by atoms with E-state index in [0.29, 0.717) is 25.1 Å². The van der Waals surface area contributed by atoms with Gasteiger partial charge in [-0.3, -0.25) is 9.59 Å². The number of amides is 2. The number of rotatable bonds is 5. The minimum Gasteiger partial charge on any atom is -0.494 e. The van der Waals surface area contributed by atoms with Crippen LogP contribution in [-0.4, -0.2) is 36.4 Å². The highest BCUT2D eigenvalue weighted by atomic mass is 32.1. The molecule has 1 N–H and O–H groups in total. The number of carbonyl (C=O) groups is 2. The Hall–Kier alpha value is -2.41. The molecule has 0 radical (unpaired) electrons. The molecule has 25 heavy (non-hydrogen) atoms. The van der Waals surface area contributed by atoms with E-state index in [1.54, 1.807) is 4.90 Å². The van der Waals surface area contributed by atoms with E-state index in [9.17, 15) is 14.0 Å². The summed E-state index contributed by atoms with van der Waals surface area (Å²) in [6, 6.07) is 7.23. The number of likely N-dealkylation sites (tertiary alicyclic amines) is 1. The van der Waals surface area contributed by atoms with Crippen molar-refractivity contribution in [2.75, 3.05) is 19.0 Å². The third-order valence-corrected chi connectivity index (χ3v) is 5.08. The molecule has 1 aromatic carbocycles. The lowest BCUT2D eigenvalue weighted by atomic mass is 10.2. The van der Waals surface area contributed by atoms with Crippen LogP contribution in [0.5, 0.6) is 5.75 Å². The van der Waals surface area contributed by atoms with Crippen LogP contribution in [0, 0.1) is 5.82 Å². The van der Waals surface area contributed by atoms with E-state index in [1.807, 2.05) is 17.5 Å². The van der Waals surface area contributed by atoms with E-state index in [4.69, 9.17) is 4.74 Å². The number of nitrogens with zero attached hydrogens (tertiary/aromatic N) is 1. The number of methoxy groups -OCH3 is 1. The van der Waals surface area contributed by atoms with Gasteiger partial charge in [-0.15, -0.1) is 11.3 Å². The fourth-order valence-corrected chi connectivity index (χ4v) is 3.68. The van der Waals surface area contributed by atoms with E-state index >= 15 is 0 Å². The van der Waals surface area contributed by atoms with Crippen LogP contribution < -0.4 is 10.1 Å². The van der Waals surface area contributed by atoms with Crippen LogP contribution in [0.2, 0.25) is 0 Å². The zero-order chi connectivity index (χ0) is 17.8. The lowest BCUT2D eigenvalue weighted by molar-refractivity contribution is -0.136. The molecule has 0 saturated carbocycles. The third kappa shape index (κ3) is 3.99. The number of benzene rings is 1. The molecule has 2 amide bonds. The molecule has 0 aliphatic carbocycles. The van der Waals surface area contributed by atoms with Crippen molar-refractivity contribution in [3.05, 3.63) is 46.4 Å². The molecule has 7 heteroatoms. The van der Waals surface area contributed by atoms with Gasteiger partial charge >= 0.3 is 0 Å². The highest BCUT2D eigenvalue weighted by molar-refractivity contribution is 7.10. The number of halogens is 1. The van der Waals surface area contributed by atoms with Gasteiger partial charge in [0, 0.05) is 17.5 Å². The van der Waals surface area contributed by atoms with E-state index in [0.717, 1.165) is 11.3 Å². The number of hydrogen-bond acceptors (Lipinski definition) is 4. The molecule has 1 unspecified atom stereocenters. The topological polar surface area (TPSA) is 58.6 Å². The molecular weight excluding hydrogens is 343 g/mol. The molecule has 0 bridgehead atoms. The normalized spacial score (nSPS) is 16.7. The van der Waals surface area contributed by atoms with Crippen LogP contribution in [0.3, 0.4) is 0 Å². The highest BCUT2D eigenvalue weighted by Crippen LogP contribution is 2.27. The smallest absolute Gasteiger partial charge is 0.247 e. The van der Waals surface area contributed by atoms with Gasteiger partial charge in [-0.05, 0) is 36.4 Å². The summed E-state index contributed by atoms with van der Waals surface area (Å²) >= 11 is 1.53. The number of hydrogen-bond donors (Lipinski definition) is 1. The van der Waals surface area contributed by atoms with Gasteiger partial charge in [-0.2, -0.15) is 0 Å². The Morgan fingerprint density at radius 1 is 1.40 bits per heavy atom. The molecule has 1 aliphatic heterocycles. The Morgan fingerprint density at radius 2 is 2.24 bits per heavy atom. The predicted molar refractivity (Wildman–Crippen MR) is 94.3 cm³/mol. The van der Waals surface area contributed by atoms with Crippen LogP contribution >= 0.6 is 11.3 Å². The summed E-state index contributed by atoms with van der Waals surface area (Å²) in [6.45, 7) is 0.572. The molecule has 2 aromatic rings. The first kappa shape index (κ1) is 17.4. The number of thiophene rings is 1. The van der Waals surface area contributed by atoms with E-state index in [-0.39, 0.29) is 17.6 Å². The second kappa shape index (κ2) is 7.65. The number of anilines is 1. The maximum absolute atomic E-state index is 13.3. The SMILES string of the molecule is COc1cc(F)ccc1NC(=O)C1CCCN1C(=O)Cc1cccs1. The van der Waals surface area contributed by atoms with Gasteiger partial charge in [-0.1, -0.05) is 6.07 Å². The van der Waals surface area contributed by atoms with Crippen molar-refractivity contribution in [2.24, 2.45) is 0 Å². The Balaban J connectivity index is 1.69. The largest absolute Gasteiger partial charge is 0.494 e. The lowest BCUT2D eigenvalue weighted by Gasteiger charge is -2.24. The van der Waals surface area contributed by atoms with Crippen LogP contribution in [0.4, 0.5) is 10.1 Å². The minimum atomic E-state index is -0.512. The predicted octanol–water partition coefficient (Wildman–Crippen LogP) is 3.07. The Labute approximate surface area is 149 Å². The van der Waals surface area contributed by atoms with Crippen molar-refractivity contribution in [1.82, 2.24) is 4.90 Å². The molecule has 2 heterocycles. The van der Waals surface area contributed by atoms with Gasteiger partial charge in [0.15, 0.2) is 0 Å². The summed E-state index contributed by atoms with van der Waals surface area (Å²) in [5.41, 5.74) is 0.395. The first-order valence-electron chi connectivity index (χ1n) is 8.04. The summed E-state index contributed by atoms with van der Waals surface area (Å²) in [5, 5.41) is 4.68. The lowest BCUT2D eigenvalue weighted by Crippen LogP contribution is -2.43. The van der Waals surface area contributed by atoms with Crippen molar-refractivity contribution >= 4 is 28.8 Å². The van der Waals surface area contributed by atoms with Gasteiger partial charge in [-0.25, -0.2) is 4.39 Å². The fraction of sp³-hybridized carbons (Fsp3) is 0.333. The number of nitrogens with one attached hydrogen (secondary N) is 1. The molecule has 1 aromatic heterocycles. The monoisotopic (exact) mass is 362 g/mol. The van der Waals surface area contributed by atoms with E-state index < -0.39 is 11.9 Å². The maximum Gasteiger partial charge on any atom is 0.247 e. The van der Waals surface area contributed by atoms with Crippen molar-refractivity contribution in [3.63, 3.8) is 0 Å². The van der Waals surface area contributed by atoms with Crippen LogP contribution in [0.25, 0.3) is 0 Å². The van der Waals surface area contributed by atoms with Crippen molar-refractivity contribution < 1.29 is 18.7 Å². The first-order valence-corrected chi connectivity index (χ1v) is 8.92. The van der Waals surface area contributed by atoms with Crippen LogP contribution in [0.1, 0.15) is 17.7 Å². The molecule has 5 nitrogen and oxygen atoms in total. The summed E-state index contributed by atoms with van der Waals surface area (Å²) < 4.78 is 18.4. The van der Waals surface area contributed by atoms with Crippen LogP contribution in [-0.2, 0) is 16.0 Å². The summed E-state index contributed by atoms with van der Waals surface area (Å²) in [7, 11) is 1.41. The fourth-order valence-electron chi connectivity index (χ4n) is 2.99. The van der Waals surface area contributed by atoms with Crippen molar-refractivity contribution in [3.8, 4) is 5.75 Å². The quantitative estimate of drug-likeness (QED) is 0.889. The van der Waals surface area contributed by atoms with Crippen molar-refractivity contribution in [2.45, 2.75) is 25.3 Å². The molecule has 1 atom stereocenters.